The quantitative estimate of drug-likeness (QED) is 0.839. The van der Waals surface area contributed by atoms with Crippen molar-refractivity contribution in [1.29, 1.82) is 0 Å². The minimum atomic E-state index is 0.0715. The summed E-state index contributed by atoms with van der Waals surface area (Å²) < 4.78 is 0. The van der Waals surface area contributed by atoms with Gasteiger partial charge in [0.05, 0.1) is 0 Å². The van der Waals surface area contributed by atoms with Gasteiger partial charge in [0.15, 0.2) is 0 Å². The van der Waals surface area contributed by atoms with E-state index < -0.39 is 0 Å². The summed E-state index contributed by atoms with van der Waals surface area (Å²) in [6.45, 7) is 7.53. The summed E-state index contributed by atoms with van der Waals surface area (Å²) in [6.07, 6.45) is 0.510. The van der Waals surface area contributed by atoms with Crippen molar-refractivity contribution in [2.45, 2.75) is 13.3 Å². The summed E-state index contributed by atoms with van der Waals surface area (Å²) in [5, 5.41) is 18.8. The Morgan fingerprint density at radius 2 is 1.89 bits per heavy atom. The van der Waals surface area contributed by atoms with Crippen LogP contribution in [0.15, 0.2) is 18.2 Å². The fourth-order valence-corrected chi connectivity index (χ4v) is 2.40. The van der Waals surface area contributed by atoms with Gasteiger partial charge >= 0.3 is 0 Å². The lowest BCUT2D eigenvalue weighted by molar-refractivity contribution is 0.271. The first-order chi connectivity index (χ1) is 8.74. The van der Waals surface area contributed by atoms with Crippen LogP contribution in [0.5, 0.6) is 5.75 Å². The van der Waals surface area contributed by atoms with Crippen molar-refractivity contribution in [3.05, 3.63) is 23.8 Å². The van der Waals surface area contributed by atoms with Gasteiger partial charge in [0, 0.05) is 44.5 Å². The molecule has 0 atom stereocenters. The van der Waals surface area contributed by atoms with Crippen molar-refractivity contribution in [2.24, 2.45) is 0 Å². The lowest BCUT2D eigenvalue weighted by Gasteiger charge is -2.35. The van der Waals surface area contributed by atoms with Crippen LogP contribution in [0.2, 0.25) is 0 Å². The number of piperazine rings is 1. The maximum absolute atomic E-state index is 9.90. The number of aliphatic hydroxyl groups is 1. The van der Waals surface area contributed by atoms with Crippen LogP contribution in [0.1, 0.15) is 12.5 Å². The largest absolute Gasteiger partial charge is 0.508 e. The number of likely N-dealkylation sites (N-methyl/N-ethyl adjacent to an activating group) is 1. The smallest absolute Gasteiger partial charge is 0.120 e. The second-order valence-electron chi connectivity index (χ2n) is 4.71. The average Bonchev–Trinajstić information content (AvgIpc) is 2.41. The first-order valence-electron chi connectivity index (χ1n) is 6.64. The zero-order valence-electron chi connectivity index (χ0n) is 11.0. The summed E-state index contributed by atoms with van der Waals surface area (Å²) in [5.74, 6) is 0.291. The zero-order valence-corrected chi connectivity index (χ0v) is 11.0. The molecule has 1 aliphatic heterocycles. The second kappa shape index (κ2) is 6.07. The van der Waals surface area contributed by atoms with Gasteiger partial charge in [-0.25, -0.2) is 0 Å². The van der Waals surface area contributed by atoms with E-state index in [2.05, 4.69) is 16.7 Å². The van der Waals surface area contributed by atoms with Gasteiger partial charge in [-0.3, -0.25) is 0 Å². The Morgan fingerprint density at radius 1 is 1.17 bits per heavy atom. The van der Waals surface area contributed by atoms with Crippen molar-refractivity contribution in [3.8, 4) is 5.75 Å². The molecule has 100 valence electrons. The average molecular weight is 250 g/mol. The van der Waals surface area contributed by atoms with E-state index in [9.17, 15) is 5.11 Å². The van der Waals surface area contributed by atoms with Gasteiger partial charge in [-0.1, -0.05) is 13.0 Å². The molecule has 1 aromatic carbocycles. The molecule has 1 aromatic rings. The highest BCUT2D eigenvalue weighted by Crippen LogP contribution is 2.25. The molecule has 0 radical (unpaired) electrons. The number of hydrogen-bond acceptors (Lipinski definition) is 4. The molecule has 0 bridgehead atoms. The molecule has 2 N–H and O–H groups in total. The van der Waals surface area contributed by atoms with Gasteiger partial charge in [0.1, 0.15) is 5.75 Å². The van der Waals surface area contributed by atoms with Crippen molar-refractivity contribution in [3.63, 3.8) is 0 Å². The Morgan fingerprint density at radius 3 is 2.44 bits per heavy atom. The topological polar surface area (TPSA) is 46.9 Å². The fourth-order valence-electron chi connectivity index (χ4n) is 2.40. The third-order valence-corrected chi connectivity index (χ3v) is 3.63. The van der Waals surface area contributed by atoms with Crippen LogP contribution < -0.4 is 4.90 Å². The van der Waals surface area contributed by atoms with E-state index >= 15 is 0 Å². The van der Waals surface area contributed by atoms with Gasteiger partial charge in [-0.2, -0.15) is 0 Å². The van der Waals surface area contributed by atoms with Crippen LogP contribution in [0.25, 0.3) is 0 Å². The third-order valence-electron chi connectivity index (χ3n) is 3.63. The number of rotatable bonds is 4. The van der Waals surface area contributed by atoms with E-state index in [-0.39, 0.29) is 6.61 Å². The Labute approximate surface area is 108 Å². The normalized spacial score (nSPS) is 17.1. The summed E-state index contributed by atoms with van der Waals surface area (Å²) in [5.41, 5.74) is 1.89. The van der Waals surface area contributed by atoms with Crippen molar-refractivity contribution < 1.29 is 10.2 Å². The maximum Gasteiger partial charge on any atom is 0.120 e. The number of aliphatic hydroxyl groups excluding tert-OH is 1. The molecule has 18 heavy (non-hydrogen) atoms. The second-order valence-corrected chi connectivity index (χ2v) is 4.71. The Hall–Kier alpha value is -1.26. The summed E-state index contributed by atoms with van der Waals surface area (Å²) in [4.78, 5) is 4.73. The van der Waals surface area contributed by atoms with E-state index in [1.807, 2.05) is 18.2 Å². The molecule has 0 aromatic heterocycles. The molecule has 0 unspecified atom stereocenters. The standard InChI is InChI=1S/C14H22N2O2/c1-2-15-6-8-16(9-7-15)13-4-3-12(5-10-17)14(18)11-13/h3-4,11,17-18H,2,5-10H2,1H3. The van der Waals surface area contributed by atoms with Crippen LogP contribution in [0.4, 0.5) is 5.69 Å². The summed E-state index contributed by atoms with van der Waals surface area (Å²) in [6, 6.07) is 5.76. The van der Waals surface area contributed by atoms with Crippen LogP contribution in [0, 0.1) is 0 Å². The molecule has 0 amide bonds. The first kappa shape index (κ1) is 13.2. The number of hydrogen-bond donors (Lipinski definition) is 2. The number of anilines is 1. The summed E-state index contributed by atoms with van der Waals surface area (Å²) in [7, 11) is 0. The summed E-state index contributed by atoms with van der Waals surface area (Å²) >= 11 is 0. The predicted octanol–water partition coefficient (Wildman–Crippen LogP) is 1.07. The molecule has 4 heteroatoms. The Balaban J connectivity index is 2.03. The minimum Gasteiger partial charge on any atom is -0.508 e. The highest BCUT2D eigenvalue weighted by atomic mass is 16.3. The van der Waals surface area contributed by atoms with Crippen LogP contribution in [0.3, 0.4) is 0 Å². The van der Waals surface area contributed by atoms with E-state index in [0.29, 0.717) is 12.2 Å². The molecule has 2 rings (SSSR count). The third kappa shape index (κ3) is 2.94. The molecular formula is C14H22N2O2. The van der Waals surface area contributed by atoms with Gasteiger partial charge in [0.25, 0.3) is 0 Å². The number of benzene rings is 1. The van der Waals surface area contributed by atoms with Crippen molar-refractivity contribution >= 4 is 5.69 Å². The molecule has 1 fully saturated rings. The lowest BCUT2D eigenvalue weighted by Crippen LogP contribution is -2.46. The number of aromatic hydroxyl groups is 1. The van der Waals surface area contributed by atoms with Crippen LogP contribution in [-0.2, 0) is 6.42 Å². The number of phenols is 1. The number of phenolic OH excluding ortho intramolecular Hbond substituents is 1. The SMILES string of the molecule is CCN1CCN(c2ccc(CCO)c(O)c2)CC1. The van der Waals surface area contributed by atoms with Crippen LogP contribution in [-0.4, -0.2) is 54.4 Å². The molecule has 0 spiro atoms. The van der Waals surface area contributed by atoms with Gasteiger partial charge < -0.3 is 20.0 Å². The Bertz CT molecular complexity index is 387. The van der Waals surface area contributed by atoms with E-state index in [1.54, 1.807) is 0 Å². The van der Waals surface area contributed by atoms with E-state index in [1.165, 1.54) is 0 Å². The molecule has 1 aliphatic rings. The van der Waals surface area contributed by atoms with E-state index in [4.69, 9.17) is 5.11 Å². The highest BCUT2D eigenvalue weighted by Gasteiger charge is 2.16. The monoisotopic (exact) mass is 250 g/mol. The van der Waals surface area contributed by atoms with Gasteiger partial charge in [0.2, 0.25) is 0 Å². The van der Waals surface area contributed by atoms with Crippen molar-refractivity contribution in [2.75, 3.05) is 44.2 Å². The van der Waals surface area contributed by atoms with Gasteiger partial charge in [-0.05, 0) is 24.6 Å². The predicted molar refractivity (Wildman–Crippen MR) is 73.2 cm³/mol. The molecule has 0 aliphatic carbocycles. The Kier molecular flexibility index (Phi) is 4.44. The maximum atomic E-state index is 9.90. The zero-order chi connectivity index (χ0) is 13.0. The minimum absolute atomic E-state index is 0.0715. The molecule has 1 saturated heterocycles. The number of nitrogens with zero attached hydrogens (tertiary/aromatic N) is 2. The fraction of sp³-hybridized carbons (Fsp3) is 0.571. The lowest BCUT2D eigenvalue weighted by atomic mass is 10.1. The molecular weight excluding hydrogens is 228 g/mol. The van der Waals surface area contributed by atoms with Gasteiger partial charge in [-0.15, -0.1) is 0 Å². The van der Waals surface area contributed by atoms with Crippen LogP contribution >= 0.6 is 0 Å². The molecule has 4 nitrogen and oxygen atoms in total. The molecule has 0 saturated carbocycles. The first-order valence-corrected chi connectivity index (χ1v) is 6.64. The van der Waals surface area contributed by atoms with Crippen molar-refractivity contribution in [1.82, 2.24) is 4.90 Å². The highest BCUT2D eigenvalue weighted by molar-refractivity contribution is 5.53. The molecule has 1 heterocycles. The van der Waals surface area contributed by atoms with E-state index in [0.717, 1.165) is 44.0 Å².